The van der Waals surface area contributed by atoms with Crippen molar-refractivity contribution < 1.29 is 18.3 Å². The number of aromatic nitrogens is 1. The lowest BCUT2D eigenvalue weighted by atomic mass is 10.2. The highest BCUT2D eigenvalue weighted by molar-refractivity contribution is 7.80. The van der Waals surface area contributed by atoms with Crippen molar-refractivity contribution in [2.75, 3.05) is 6.61 Å². The molecule has 0 spiro atoms. The van der Waals surface area contributed by atoms with Gasteiger partial charge < -0.3 is 10.5 Å². The number of carbonyl (C=O) groups excluding carboxylic acids is 1. The summed E-state index contributed by atoms with van der Waals surface area (Å²) in [6.45, 7) is 3.85. The maximum absolute atomic E-state index is 12.8. The average Bonchev–Trinajstić information content (AvgIpc) is 3.05. The maximum atomic E-state index is 12.8. The van der Waals surface area contributed by atoms with Gasteiger partial charge in [-0.15, -0.1) is 11.3 Å². The Morgan fingerprint density at radius 1 is 1.11 bits per heavy atom. The molecule has 146 valence electrons. The number of carbonyl (C=O) groups is 1. The first-order valence-corrected chi connectivity index (χ1v) is 9.50. The molecule has 0 saturated heterocycles. The summed E-state index contributed by atoms with van der Waals surface area (Å²) in [5, 5.41) is 0.690. The molecule has 4 nitrogen and oxygen atoms in total. The lowest BCUT2D eigenvalue weighted by molar-refractivity contribution is 0.0531. The van der Waals surface area contributed by atoms with E-state index in [4.69, 9.17) is 10.5 Å². The highest BCUT2D eigenvalue weighted by Crippen LogP contribution is 2.28. The van der Waals surface area contributed by atoms with Crippen LogP contribution in [-0.4, -0.2) is 22.5 Å². The Morgan fingerprint density at radius 3 is 2.14 bits per heavy atom. The van der Waals surface area contributed by atoms with Crippen LogP contribution < -0.4 is 5.73 Å². The smallest absolute Gasteiger partial charge is 0.350 e. The molecule has 0 saturated carbocycles. The molecule has 0 amide bonds. The molecule has 8 heteroatoms. The third kappa shape index (κ3) is 5.90. The summed E-state index contributed by atoms with van der Waals surface area (Å²) in [5.74, 6) is -0.932. The van der Waals surface area contributed by atoms with Crippen LogP contribution in [0.1, 0.15) is 27.9 Å². The first-order valence-electron chi connectivity index (χ1n) is 8.27. The Morgan fingerprint density at radius 2 is 1.64 bits per heavy atom. The van der Waals surface area contributed by atoms with E-state index in [1.807, 2.05) is 0 Å². The average molecular weight is 421 g/mol. The topological polar surface area (TPSA) is 65.2 Å². The zero-order chi connectivity index (χ0) is 20.7. The number of aryl methyl sites for hydroxylation is 1. The molecule has 0 aliphatic carbocycles. The van der Waals surface area contributed by atoms with Crippen molar-refractivity contribution in [1.29, 1.82) is 0 Å². The van der Waals surface area contributed by atoms with Gasteiger partial charge in [-0.2, -0.15) is 0 Å². The second kappa shape index (κ2) is 10.0. The van der Waals surface area contributed by atoms with Crippen molar-refractivity contribution in [2.45, 2.75) is 13.8 Å². The summed E-state index contributed by atoms with van der Waals surface area (Å²) in [6, 6.07) is 11.8. The molecule has 0 radical (unpaired) electrons. The molecule has 1 heterocycles. The van der Waals surface area contributed by atoms with Gasteiger partial charge in [-0.05, 0) is 62.4 Å². The number of thiocarbonyl (C=S) groups is 1. The molecule has 0 atom stereocenters. The van der Waals surface area contributed by atoms with Crippen molar-refractivity contribution in [3.05, 3.63) is 76.3 Å². The monoisotopic (exact) mass is 420 g/mol. The Balaban J connectivity index is 0.000000237. The van der Waals surface area contributed by atoms with Gasteiger partial charge in [0, 0.05) is 11.1 Å². The lowest BCUT2D eigenvalue weighted by Gasteiger charge is -1.97. The summed E-state index contributed by atoms with van der Waals surface area (Å²) in [7, 11) is 0. The molecule has 0 unspecified atom stereocenters. The summed E-state index contributed by atoms with van der Waals surface area (Å²) >= 11 is 5.92. The minimum atomic E-state index is -0.360. The minimum Gasteiger partial charge on any atom is -0.462 e. The second-order valence-electron chi connectivity index (χ2n) is 5.53. The van der Waals surface area contributed by atoms with Gasteiger partial charge >= 0.3 is 5.97 Å². The Kier molecular flexibility index (Phi) is 7.71. The first-order chi connectivity index (χ1) is 13.3. The highest BCUT2D eigenvalue weighted by Gasteiger charge is 2.16. The molecule has 0 aliphatic rings. The van der Waals surface area contributed by atoms with E-state index in [2.05, 4.69) is 17.2 Å². The van der Waals surface area contributed by atoms with E-state index in [-0.39, 0.29) is 17.6 Å². The molecule has 0 fully saturated rings. The van der Waals surface area contributed by atoms with Crippen LogP contribution in [-0.2, 0) is 4.74 Å². The number of nitrogens with zero attached hydrogens (tertiary/aromatic N) is 1. The van der Waals surface area contributed by atoms with Gasteiger partial charge in [0.2, 0.25) is 0 Å². The van der Waals surface area contributed by atoms with Crippen molar-refractivity contribution in [2.24, 2.45) is 5.73 Å². The number of nitrogens with two attached hydrogens (primary N) is 1. The number of hydrogen-bond acceptors (Lipinski definition) is 5. The summed E-state index contributed by atoms with van der Waals surface area (Å²) < 4.78 is 30.0. The molecule has 0 aliphatic heterocycles. The molecule has 2 aromatic carbocycles. The van der Waals surface area contributed by atoms with Crippen LogP contribution in [0.3, 0.4) is 0 Å². The number of rotatable bonds is 4. The SMILES string of the molecule is CCOC(=O)c1sc(-c2ccc(F)cc2)nc1C.NC(=S)c1ccc(F)cc1. The first kappa shape index (κ1) is 21.6. The molecule has 28 heavy (non-hydrogen) atoms. The number of hydrogen-bond donors (Lipinski definition) is 1. The Labute approximate surface area is 171 Å². The van der Waals surface area contributed by atoms with E-state index >= 15 is 0 Å². The molecule has 3 rings (SSSR count). The van der Waals surface area contributed by atoms with Gasteiger partial charge in [0.05, 0.1) is 12.3 Å². The van der Waals surface area contributed by atoms with E-state index in [0.717, 1.165) is 5.56 Å². The van der Waals surface area contributed by atoms with Crippen LogP contribution in [0.4, 0.5) is 8.78 Å². The van der Waals surface area contributed by atoms with E-state index in [1.165, 1.54) is 35.6 Å². The van der Waals surface area contributed by atoms with Crippen molar-refractivity contribution >= 4 is 34.5 Å². The van der Waals surface area contributed by atoms with Crippen molar-refractivity contribution in [1.82, 2.24) is 4.98 Å². The largest absolute Gasteiger partial charge is 0.462 e. The quantitative estimate of drug-likeness (QED) is 0.481. The lowest BCUT2D eigenvalue weighted by Crippen LogP contribution is -2.08. The molecule has 1 aromatic heterocycles. The van der Waals surface area contributed by atoms with Crippen LogP contribution >= 0.6 is 23.6 Å². The third-order valence-corrected chi connectivity index (χ3v) is 4.90. The van der Waals surface area contributed by atoms with Gasteiger partial charge in [0.1, 0.15) is 26.5 Å². The molecular weight excluding hydrogens is 402 g/mol. The zero-order valence-electron chi connectivity index (χ0n) is 15.2. The van der Waals surface area contributed by atoms with Gasteiger partial charge in [0.25, 0.3) is 0 Å². The zero-order valence-corrected chi connectivity index (χ0v) is 16.9. The van der Waals surface area contributed by atoms with E-state index in [9.17, 15) is 13.6 Å². The van der Waals surface area contributed by atoms with Crippen LogP contribution in [0, 0.1) is 18.6 Å². The third-order valence-electron chi connectivity index (χ3n) is 3.48. The summed E-state index contributed by atoms with van der Waals surface area (Å²) in [4.78, 5) is 16.7. The van der Waals surface area contributed by atoms with E-state index < -0.39 is 0 Å². The fourth-order valence-electron chi connectivity index (χ4n) is 2.11. The summed E-state index contributed by atoms with van der Waals surface area (Å²) in [6.07, 6.45) is 0. The van der Waals surface area contributed by atoms with Crippen LogP contribution in [0.15, 0.2) is 48.5 Å². The van der Waals surface area contributed by atoms with Crippen LogP contribution in [0.2, 0.25) is 0 Å². The van der Waals surface area contributed by atoms with Crippen LogP contribution in [0.5, 0.6) is 0 Å². The second-order valence-corrected chi connectivity index (χ2v) is 6.97. The predicted octanol–water partition coefficient (Wildman–Crippen LogP) is 4.89. The van der Waals surface area contributed by atoms with Gasteiger partial charge in [-0.25, -0.2) is 18.6 Å². The number of thiazole rings is 1. The fraction of sp³-hybridized carbons (Fsp3) is 0.150. The normalized spacial score (nSPS) is 10.0. The Bertz CT molecular complexity index is 955. The predicted molar refractivity (Wildman–Crippen MR) is 110 cm³/mol. The summed E-state index contributed by atoms with van der Waals surface area (Å²) in [5.41, 5.74) is 7.39. The maximum Gasteiger partial charge on any atom is 0.350 e. The number of esters is 1. The van der Waals surface area contributed by atoms with Crippen LogP contribution in [0.25, 0.3) is 10.6 Å². The van der Waals surface area contributed by atoms with Gasteiger partial charge in [-0.3, -0.25) is 0 Å². The van der Waals surface area contributed by atoms with E-state index in [1.54, 1.807) is 38.1 Å². The van der Waals surface area contributed by atoms with Crippen molar-refractivity contribution in [3.8, 4) is 10.6 Å². The molecular formula is C20H18F2N2O2S2. The van der Waals surface area contributed by atoms with E-state index in [0.29, 0.717) is 32.7 Å². The highest BCUT2D eigenvalue weighted by atomic mass is 32.1. The number of halogens is 2. The molecule has 3 aromatic rings. The number of benzene rings is 2. The minimum absolute atomic E-state index is 0.278. The molecule has 0 bridgehead atoms. The van der Waals surface area contributed by atoms with Crippen molar-refractivity contribution in [3.63, 3.8) is 0 Å². The van der Waals surface area contributed by atoms with Gasteiger partial charge in [-0.1, -0.05) is 12.2 Å². The number of ether oxygens (including phenoxy) is 1. The van der Waals surface area contributed by atoms with Gasteiger partial charge in [0.15, 0.2) is 0 Å². The molecule has 2 N–H and O–H groups in total. The Hall–Kier alpha value is -2.71. The standard InChI is InChI=1S/C13H12FNO2S.C7H6FNS/c1-3-17-13(16)11-8(2)15-12(18-11)9-4-6-10(14)7-5-9;8-6-3-1-5(2-4-6)7(9)10/h4-7H,3H2,1-2H3;1-4H,(H2,9,10). The fourth-order valence-corrected chi connectivity index (χ4v) is 3.21.